The summed E-state index contributed by atoms with van der Waals surface area (Å²) in [4.78, 5) is 15.7. The maximum atomic E-state index is 13.2. The van der Waals surface area contributed by atoms with Crippen LogP contribution >= 0.6 is 0 Å². The number of nitrogens with one attached hydrogen (secondary N) is 1. The predicted molar refractivity (Wildman–Crippen MR) is 151 cm³/mol. The van der Waals surface area contributed by atoms with Gasteiger partial charge in [-0.3, -0.25) is 9.69 Å². The number of nitrogens with zero attached hydrogens (tertiary/aromatic N) is 1. The lowest BCUT2D eigenvalue weighted by Gasteiger charge is -2.22. The molecule has 0 saturated carbocycles. The van der Waals surface area contributed by atoms with Crippen LogP contribution < -0.4 is 24.3 Å². The Morgan fingerprint density at radius 1 is 0.974 bits per heavy atom. The molecule has 0 radical (unpaired) electrons. The number of fused-ring (bicyclic) bond motifs is 4. The lowest BCUT2D eigenvalue weighted by atomic mass is 9.99. The van der Waals surface area contributed by atoms with Gasteiger partial charge in [0.05, 0.1) is 13.7 Å². The first kappa shape index (κ1) is 26.9. The lowest BCUT2D eigenvalue weighted by molar-refractivity contribution is 0.0950. The fourth-order valence-corrected chi connectivity index (χ4v) is 5.27. The summed E-state index contributed by atoms with van der Waals surface area (Å²) in [6, 6.07) is 18.3. The normalized spacial score (nSPS) is 15.5. The molecule has 0 atom stereocenters. The largest absolute Gasteiger partial charge is 0.493 e. The van der Waals surface area contributed by atoms with Crippen molar-refractivity contribution in [3.8, 4) is 23.0 Å². The van der Waals surface area contributed by atoms with Crippen molar-refractivity contribution in [1.29, 1.82) is 0 Å². The molecule has 206 valence electrons. The molecule has 0 saturated heterocycles. The van der Waals surface area contributed by atoms with E-state index in [0.29, 0.717) is 42.4 Å². The summed E-state index contributed by atoms with van der Waals surface area (Å²) >= 11 is 0. The fourth-order valence-electron chi connectivity index (χ4n) is 5.27. The first-order valence-corrected chi connectivity index (χ1v) is 13.9. The van der Waals surface area contributed by atoms with Crippen LogP contribution in [0.3, 0.4) is 0 Å². The molecule has 2 heterocycles. The van der Waals surface area contributed by atoms with E-state index in [-0.39, 0.29) is 12.7 Å². The van der Waals surface area contributed by atoms with E-state index in [0.717, 1.165) is 55.8 Å². The highest BCUT2D eigenvalue weighted by Gasteiger charge is 2.20. The third-order valence-electron chi connectivity index (χ3n) is 7.20. The van der Waals surface area contributed by atoms with Gasteiger partial charge in [0.2, 0.25) is 12.5 Å². The summed E-state index contributed by atoms with van der Waals surface area (Å²) in [6.07, 6.45) is 5.19. The van der Waals surface area contributed by atoms with Crippen molar-refractivity contribution in [2.45, 2.75) is 52.1 Å². The Labute approximate surface area is 231 Å². The molecular formula is C32H38N2O5. The zero-order valence-corrected chi connectivity index (χ0v) is 23.0. The van der Waals surface area contributed by atoms with Crippen LogP contribution in [0.1, 0.15) is 65.2 Å². The molecule has 0 unspecified atom stereocenters. The minimum Gasteiger partial charge on any atom is -0.493 e. The van der Waals surface area contributed by atoms with Gasteiger partial charge in [0.25, 0.3) is 5.91 Å². The Morgan fingerprint density at radius 3 is 2.74 bits per heavy atom. The summed E-state index contributed by atoms with van der Waals surface area (Å²) in [5.41, 5.74) is 5.05. The third kappa shape index (κ3) is 6.84. The summed E-state index contributed by atoms with van der Waals surface area (Å²) in [5.74, 6) is 2.53. The minimum absolute atomic E-state index is 0.141. The zero-order valence-electron chi connectivity index (χ0n) is 23.0. The minimum atomic E-state index is -0.141. The van der Waals surface area contributed by atoms with E-state index >= 15 is 0 Å². The van der Waals surface area contributed by atoms with Crippen molar-refractivity contribution in [2.75, 3.05) is 33.6 Å². The van der Waals surface area contributed by atoms with E-state index in [1.165, 1.54) is 17.5 Å². The van der Waals surface area contributed by atoms with Gasteiger partial charge < -0.3 is 24.3 Å². The molecule has 39 heavy (non-hydrogen) atoms. The highest BCUT2D eigenvalue weighted by Crippen LogP contribution is 2.41. The molecule has 0 spiro atoms. The number of ether oxygens (including phenoxy) is 4. The van der Waals surface area contributed by atoms with Crippen LogP contribution in [0.4, 0.5) is 0 Å². The van der Waals surface area contributed by atoms with Gasteiger partial charge in [-0.05, 0) is 91.4 Å². The zero-order chi connectivity index (χ0) is 27.0. The first-order valence-electron chi connectivity index (χ1n) is 13.9. The monoisotopic (exact) mass is 530 g/mol. The van der Waals surface area contributed by atoms with E-state index < -0.39 is 0 Å². The number of hydrogen-bond acceptors (Lipinski definition) is 6. The molecule has 7 nitrogen and oxygen atoms in total. The highest BCUT2D eigenvalue weighted by atomic mass is 16.7. The van der Waals surface area contributed by atoms with E-state index in [1.54, 1.807) is 7.11 Å². The van der Waals surface area contributed by atoms with Gasteiger partial charge in [0.1, 0.15) is 5.75 Å². The molecule has 1 amide bonds. The number of carbonyl (C=O) groups is 1. The maximum absolute atomic E-state index is 13.2. The summed E-state index contributed by atoms with van der Waals surface area (Å²) in [6.45, 7) is 6.63. The van der Waals surface area contributed by atoms with E-state index in [9.17, 15) is 4.79 Å². The second-order valence-electron chi connectivity index (χ2n) is 10.2. The molecule has 0 fully saturated rings. The van der Waals surface area contributed by atoms with Crippen LogP contribution in [-0.4, -0.2) is 44.4 Å². The molecular weight excluding hydrogens is 492 g/mol. The van der Waals surface area contributed by atoms with Crippen molar-refractivity contribution in [3.05, 3.63) is 82.4 Å². The second kappa shape index (κ2) is 12.9. The molecule has 2 aliphatic rings. The van der Waals surface area contributed by atoms with E-state index in [4.69, 9.17) is 18.9 Å². The van der Waals surface area contributed by atoms with Crippen LogP contribution in [0.5, 0.6) is 23.0 Å². The number of amides is 1. The number of benzene rings is 3. The standard InChI is InChI=1S/C32H38N2O5/c1-3-12-34-13-5-4-6-14-37-28-11-10-26(19-27(28)16-23-8-7-9-24(15-23)21-34)32(35)33-20-25-17-29(36-2)31-30(18-25)38-22-39-31/h7-11,15,17-19H,3-6,12-14,16,20-22H2,1-2H3,(H,33,35). The summed E-state index contributed by atoms with van der Waals surface area (Å²) < 4.78 is 22.6. The SMILES string of the molecule is CCCN1CCCCCOc2ccc(C(=O)NCc3cc(OC)c4c(c3)OCO4)cc2Cc2cccc(c2)C1. The smallest absolute Gasteiger partial charge is 0.251 e. The molecule has 7 heteroatoms. The van der Waals surface area contributed by atoms with Gasteiger partial charge in [0, 0.05) is 25.1 Å². The van der Waals surface area contributed by atoms with E-state index in [2.05, 4.69) is 41.4 Å². The van der Waals surface area contributed by atoms with Crippen LogP contribution in [0, 0.1) is 0 Å². The average Bonchev–Trinajstić information content (AvgIpc) is 3.42. The Hall–Kier alpha value is -3.71. The Bertz CT molecular complexity index is 1290. The molecule has 0 aromatic heterocycles. The van der Waals surface area contributed by atoms with Crippen LogP contribution in [-0.2, 0) is 19.5 Å². The van der Waals surface area contributed by atoms with Crippen molar-refractivity contribution in [1.82, 2.24) is 10.2 Å². The number of carbonyl (C=O) groups excluding carboxylic acids is 1. The van der Waals surface area contributed by atoms with Crippen molar-refractivity contribution in [2.24, 2.45) is 0 Å². The molecule has 5 rings (SSSR count). The first-order chi connectivity index (χ1) is 19.1. The lowest BCUT2D eigenvalue weighted by Crippen LogP contribution is -2.25. The number of methoxy groups -OCH3 is 1. The number of hydrogen-bond donors (Lipinski definition) is 1. The van der Waals surface area contributed by atoms with Crippen molar-refractivity contribution in [3.63, 3.8) is 0 Å². The van der Waals surface area contributed by atoms with Gasteiger partial charge >= 0.3 is 0 Å². The third-order valence-corrected chi connectivity index (χ3v) is 7.20. The van der Waals surface area contributed by atoms with Crippen LogP contribution in [0.15, 0.2) is 54.6 Å². The molecule has 2 bridgehead atoms. The predicted octanol–water partition coefficient (Wildman–Crippen LogP) is 5.72. The highest BCUT2D eigenvalue weighted by molar-refractivity contribution is 5.94. The summed E-state index contributed by atoms with van der Waals surface area (Å²) in [7, 11) is 1.59. The molecule has 0 aliphatic carbocycles. The van der Waals surface area contributed by atoms with Crippen molar-refractivity contribution < 1.29 is 23.7 Å². The van der Waals surface area contributed by atoms with E-state index in [1.807, 2.05) is 30.3 Å². The van der Waals surface area contributed by atoms with Gasteiger partial charge in [-0.2, -0.15) is 0 Å². The average molecular weight is 531 g/mol. The number of rotatable bonds is 6. The van der Waals surface area contributed by atoms with Gasteiger partial charge in [0.15, 0.2) is 11.5 Å². The van der Waals surface area contributed by atoms with Gasteiger partial charge in [-0.15, -0.1) is 0 Å². The Kier molecular flexibility index (Phi) is 8.89. The molecule has 2 aliphatic heterocycles. The van der Waals surface area contributed by atoms with Crippen molar-refractivity contribution >= 4 is 5.91 Å². The second-order valence-corrected chi connectivity index (χ2v) is 10.2. The molecule has 3 aromatic carbocycles. The topological polar surface area (TPSA) is 69.3 Å². The fraction of sp³-hybridized carbons (Fsp3) is 0.406. The van der Waals surface area contributed by atoms with Crippen LogP contribution in [0.2, 0.25) is 0 Å². The van der Waals surface area contributed by atoms with Gasteiger partial charge in [-0.1, -0.05) is 31.2 Å². The summed E-state index contributed by atoms with van der Waals surface area (Å²) in [5, 5.41) is 3.03. The Morgan fingerprint density at radius 2 is 1.87 bits per heavy atom. The van der Waals surface area contributed by atoms with Crippen LogP contribution in [0.25, 0.3) is 0 Å². The quantitative estimate of drug-likeness (QED) is 0.440. The Balaban J connectivity index is 1.33. The maximum Gasteiger partial charge on any atom is 0.251 e. The molecule has 1 N–H and O–H groups in total. The molecule has 3 aromatic rings. The van der Waals surface area contributed by atoms with Gasteiger partial charge in [-0.25, -0.2) is 0 Å².